The van der Waals surface area contributed by atoms with Crippen molar-refractivity contribution in [2.24, 2.45) is 0 Å². The fourth-order valence-electron chi connectivity index (χ4n) is 3.83. The molecule has 1 unspecified atom stereocenters. The molecule has 3 rings (SSSR count). The molecule has 10 heteroatoms. The number of thiazole rings is 1. The zero-order valence-corrected chi connectivity index (χ0v) is 21.0. The molecule has 1 fully saturated rings. The summed E-state index contributed by atoms with van der Waals surface area (Å²) in [6.07, 6.45) is 4.91. The number of rotatable bonds is 8. The first-order valence-electron chi connectivity index (χ1n) is 11.1. The minimum absolute atomic E-state index is 0.118. The summed E-state index contributed by atoms with van der Waals surface area (Å²) >= 11 is 1.58. The van der Waals surface area contributed by atoms with E-state index in [0.29, 0.717) is 22.9 Å². The lowest BCUT2D eigenvalue weighted by Crippen LogP contribution is -2.38. The second kappa shape index (κ2) is 11.7. The number of hydrogen-bond acceptors (Lipinski definition) is 7. The van der Waals surface area contributed by atoms with E-state index in [9.17, 15) is 13.8 Å². The van der Waals surface area contributed by atoms with Gasteiger partial charge in [0.25, 0.3) is 0 Å². The largest absolute Gasteiger partial charge is 0.465 e. The second-order valence-electron chi connectivity index (χ2n) is 8.18. The molecule has 1 aromatic heterocycles. The predicted molar refractivity (Wildman–Crippen MR) is 129 cm³/mol. The SMILES string of the molecule is CCNS(=O)c1cc(C(=O)OC)ccc1-c1cnc(C2CCC(NC(=O)OC(C)C)CC2)s1. The van der Waals surface area contributed by atoms with Gasteiger partial charge in [-0.3, -0.25) is 0 Å². The summed E-state index contributed by atoms with van der Waals surface area (Å²) < 4.78 is 25.7. The van der Waals surface area contributed by atoms with Gasteiger partial charge >= 0.3 is 12.1 Å². The Hall–Kier alpha value is -2.30. The molecule has 0 aliphatic heterocycles. The van der Waals surface area contributed by atoms with Crippen LogP contribution in [-0.4, -0.2) is 47.1 Å². The Morgan fingerprint density at radius 1 is 1.24 bits per heavy atom. The maximum absolute atomic E-state index is 12.8. The lowest BCUT2D eigenvalue weighted by Gasteiger charge is -2.28. The van der Waals surface area contributed by atoms with E-state index in [1.54, 1.807) is 29.5 Å². The summed E-state index contributed by atoms with van der Waals surface area (Å²) in [5.74, 6) is -0.149. The van der Waals surface area contributed by atoms with Crippen LogP contribution in [0.4, 0.5) is 4.79 Å². The molecule has 0 bridgehead atoms. The maximum atomic E-state index is 12.8. The first kappa shape index (κ1) is 25.3. The van der Waals surface area contributed by atoms with E-state index in [4.69, 9.17) is 9.47 Å². The molecule has 180 valence electrons. The van der Waals surface area contributed by atoms with Crippen LogP contribution in [-0.2, 0) is 20.5 Å². The van der Waals surface area contributed by atoms with Gasteiger partial charge in [-0.15, -0.1) is 11.3 Å². The smallest absolute Gasteiger partial charge is 0.407 e. The van der Waals surface area contributed by atoms with Crippen molar-refractivity contribution in [3.05, 3.63) is 35.0 Å². The van der Waals surface area contributed by atoms with Gasteiger partial charge in [-0.25, -0.2) is 23.5 Å². The third-order valence-corrected chi connectivity index (χ3v) is 7.89. The number of aromatic nitrogens is 1. The van der Waals surface area contributed by atoms with Gasteiger partial charge < -0.3 is 14.8 Å². The van der Waals surface area contributed by atoms with E-state index >= 15 is 0 Å². The van der Waals surface area contributed by atoms with Crippen molar-refractivity contribution in [3.8, 4) is 10.4 Å². The molecule has 2 aromatic rings. The van der Waals surface area contributed by atoms with Gasteiger partial charge in [-0.1, -0.05) is 13.0 Å². The topological polar surface area (TPSA) is 107 Å². The van der Waals surface area contributed by atoms with Crippen molar-refractivity contribution in [3.63, 3.8) is 0 Å². The van der Waals surface area contributed by atoms with Crippen LogP contribution >= 0.6 is 11.3 Å². The average Bonchev–Trinajstić information content (AvgIpc) is 3.28. The molecule has 0 radical (unpaired) electrons. The number of benzene rings is 1. The molecule has 1 atom stereocenters. The van der Waals surface area contributed by atoms with Crippen LogP contribution in [0.5, 0.6) is 0 Å². The Morgan fingerprint density at radius 2 is 1.97 bits per heavy atom. The maximum Gasteiger partial charge on any atom is 0.407 e. The molecule has 1 amide bonds. The summed E-state index contributed by atoms with van der Waals surface area (Å²) in [5.41, 5.74) is 1.14. The summed E-state index contributed by atoms with van der Waals surface area (Å²) in [6, 6.07) is 5.22. The van der Waals surface area contributed by atoms with E-state index in [0.717, 1.165) is 41.1 Å². The normalized spacial score (nSPS) is 19.2. The minimum Gasteiger partial charge on any atom is -0.465 e. The number of carbonyl (C=O) groups is 2. The third kappa shape index (κ3) is 6.61. The van der Waals surface area contributed by atoms with E-state index in [-0.39, 0.29) is 18.2 Å². The van der Waals surface area contributed by atoms with Crippen LogP contribution in [0.3, 0.4) is 0 Å². The quantitative estimate of drug-likeness (QED) is 0.528. The van der Waals surface area contributed by atoms with Crippen molar-refractivity contribution < 1.29 is 23.3 Å². The molecule has 0 saturated heterocycles. The fourth-order valence-corrected chi connectivity index (χ4v) is 6.05. The van der Waals surface area contributed by atoms with Crippen molar-refractivity contribution in [1.29, 1.82) is 0 Å². The monoisotopic (exact) mass is 493 g/mol. The van der Waals surface area contributed by atoms with E-state index in [1.807, 2.05) is 27.0 Å². The number of methoxy groups -OCH3 is 1. The van der Waals surface area contributed by atoms with Crippen molar-refractivity contribution in [2.45, 2.75) is 69.4 Å². The lowest BCUT2D eigenvalue weighted by molar-refractivity contribution is 0.0600. The number of alkyl carbamates (subject to hydrolysis) is 1. The molecule has 1 aliphatic carbocycles. The first-order valence-corrected chi connectivity index (χ1v) is 13.1. The lowest BCUT2D eigenvalue weighted by atomic mass is 9.86. The van der Waals surface area contributed by atoms with Crippen LogP contribution in [0.1, 0.15) is 67.7 Å². The van der Waals surface area contributed by atoms with Gasteiger partial charge in [0, 0.05) is 30.3 Å². The molecule has 1 aliphatic rings. The van der Waals surface area contributed by atoms with Crippen molar-refractivity contribution in [2.75, 3.05) is 13.7 Å². The summed E-state index contributed by atoms with van der Waals surface area (Å²) in [5, 5.41) is 3.98. The second-order valence-corrected chi connectivity index (χ2v) is 10.5. The number of nitrogens with one attached hydrogen (secondary N) is 2. The number of esters is 1. The molecule has 33 heavy (non-hydrogen) atoms. The van der Waals surface area contributed by atoms with Gasteiger partial charge in [0.1, 0.15) is 11.0 Å². The molecule has 1 heterocycles. The minimum atomic E-state index is -1.47. The van der Waals surface area contributed by atoms with Crippen molar-refractivity contribution >= 4 is 34.4 Å². The first-order chi connectivity index (χ1) is 15.8. The highest BCUT2D eigenvalue weighted by Crippen LogP contribution is 2.39. The van der Waals surface area contributed by atoms with Crippen LogP contribution in [0.25, 0.3) is 10.4 Å². The zero-order chi connectivity index (χ0) is 24.0. The highest BCUT2D eigenvalue weighted by atomic mass is 32.2. The number of amides is 1. The van der Waals surface area contributed by atoms with Crippen molar-refractivity contribution in [1.82, 2.24) is 15.0 Å². The summed E-state index contributed by atoms with van der Waals surface area (Å²) in [7, 11) is -0.142. The Kier molecular flexibility index (Phi) is 8.99. The third-order valence-electron chi connectivity index (χ3n) is 5.41. The van der Waals surface area contributed by atoms with E-state index in [2.05, 4.69) is 15.0 Å². The molecular weight excluding hydrogens is 462 g/mol. The molecule has 1 saturated carbocycles. The highest BCUT2D eigenvalue weighted by Gasteiger charge is 2.27. The molecule has 8 nitrogen and oxygen atoms in total. The molecule has 1 aromatic carbocycles. The predicted octanol–water partition coefficient (Wildman–Crippen LogP) is 4.39. The average molecular weight is 494 g/mol. The number of hydrogen-bond donors (Lipinski definition) is 2. The van der Waals surface area contributed by atoms with Crippen LogP contribution in [0, 0.1) is 0 Å². The summed E-state index contributed by atoms with van der Waals surface area (Å²) in [6.45, 7) is 6.07. The van der Waals surface area contributed by atoms with Crippen LogP contribution in [0.2, 0.25) is 0 Å². The van der Waals surface area contributed by atoms with E-state index < -0.39 is 17.0 Å². The number of carbonyl (C=O) groups excluding carboxylic acids is 2. The molecular formula is C23H31N3O5S2. The van der Waals surface area contributed by atoms with E-state index in [1.165, 1.54) is 7.11 Å². The fraction of sp³-hybridized carbons (Fsp3) is 0.522. The van der Waals surface area contributed by atoms with Gasteiger partial charge in [0.2, 0.25) is 0 Å². The summed E-state index contributed by atoms with van der Waals surface area (Å²) in [4.78, 5) is 29.9. The van der Waals surface area contributed by atoms with Gasteiger partial charge in [-0.2, -0.15) is 0 Å². The van der Waals surface area contributed by atoms with Gasteiger partial charge in [0.05, 0.1) is 33.6 Å². The van der Waals surface area contributed by atoms with Gasteiger partial charge in [0.15, 0.2) is 0 Å². The Bertz CT molecular complexity index is 1000. The standard InChI is InChI=1S/C23H31N3O5S2/c1-5-25-33(29)20-12-16(22(27)30-4)8-11-18(20)19-13-24-21(32-19)15-6-9-17(10-7-15)26-23(28)31-14(2)3/h8,11-15,17,25H,5-7,9-10H2,1-4H3,(H,26,28). The number of ether oxygens (including phenoxy) is 2. The highest BCUT2D eigenvalue weighted by molar-refractivity contribution is 7.83. The molecule has 0 spiro atoms. The Labute approximate surface area is 201 Å². The molecule has 2 N–H and O–H groups in total. The number of nitrogens with zero attached hydrogens (tertiary/aromatic N) is 1. The van der Waals surface area contributed by atoms with Gasteiger partial charge in [-0.05, 0) is 51.7 Å². The van der Waals surface area contributed by atoms with Crippen LogP contribution in [0.15, 0.2) is 29.3 Å². The van der Waals surface area contributed by atoms with Crippen LogP contribution < -0.4 is 10.0 Å². The Morgan fingerprint density at radius 3 is 2.61 bits per heavy atom. The zero-order valence-electron chi connectivity index (χ0n) is 19.4. The Balaban J connectivity index is 1.73.